The van der Waals surface area contributed by atoms with E-state index in [1.165, 1.54) is 43.5 Å². The van der Waals surface area contributed by atoms with E-state index < -0.39 is 28.4 Å². The number of sulfonamides is 1. The summed E-state index contributed by atoms with van der Waals surface area (Å²) >= 11 is 0. The van der Waals surface area contributed by atoms with E-state index in [-0.39, 0.29) is 4.90 Å². The molecule has 28 heavy (non-hydrogen) atoms. The molecule has 0 radical (unpaired) electrons. The maximum atomic E-state index is 12.8. The standard InChI is InChI=1S/C20H23FN2O4S/c21-17-8-10-18(11-9-17)27-14-20(24)22-23-28(25,26)19-12-6-16(7-13-19)15-4-2-1-3-5-15/h6-13,15,23H,1-5,14H2,(H,22,24). The second-order valence-corrected chi connectivity index (χ2v) is 8.48. The predicted octanol–water partition coefficient (Wildman–Crippen LogP) is 3.26. The molecule has 0 unspecified atom stereocenters. The van der Waals surface area contributed by atoms with E-state index in [0.29, 0.717) is 11.7 Å². The molecule has 8 heteroatoms. The predicted molar refractivity (Wildman–Crippen MR) is 103 cm³/mol. The highest BCUT2D eigenvalue weighted by atomic mass is 32.2. The van der Waals surface area contributed by atoms with Gasteiger partial charge in [0, 0.05) is 0 Å². The summed E-state index contributed by atoms with van der Waals surface area (Å²) in [6.45, 7) is -0.408. The molecule has 2 aromatic rings. The molecule has 2 N–H and O–H groups in total. The topological polar surface area (TPSA) is 84.5 Å². The number of ether oxygens (including phenoxy) is 1. The zero-order valence-corrected chi connectivity index (χ0v) is 16.2. The van der Waals surface area contributed by atoms with Gasteiger partial charge in [-0.2, -0.15) is 0 Å². The van der Waals surface area contributed by atoms with Gasteiger partial charge in [-0.1, -0.05) is 31.4 Å². The van der Waals surface area contributed by atoms with Crippen LogP contribution in [0.25, 0.3) is 0 Å². The number of amides is 1. The molecule has 1 fully saturated rings. The minimum atomic E-state index is -3.88. The average Bonchev–Trinajstić information content (AvgIpc) is 2.73. The minimum absolute atomic E-state index is 0.0758. The molecule has 0 heterocycles. The normalized spacial score (nSPS) is 15.2. The summed E-state index contributed by atoms with van der Waals surface area (Å²) in [5.74, 6) is -0.301. The number of hydrogen-bond acceptors (Lipinski definition) is 4. The third-order valence-electron chi connectivity index (χ3n) is 4.78. The van der Waals surface area contributed by atoms with Crippen molar-refractivity contribution in [2.75, 3.05) is 6.61 Å². The fourth-order valence-corrected chi connectivity index (χ4v) is 4.11. The van der Waals surface area contributed by atoms with Crippen molar-refractivity contribution < 1.29 is 22.3 Å². The number of hydrazine groups is 1. The highest BCUT2D eigenvalue weighted by molar-refractivity contribution is 7.89. The molecule has 0 saturated heterocycles. The lowest BCUT2D eigenvalue weighted by Gasteiger charge is -2.22. The van der Waals surface area contributed by atoms with Gasteiger partial charge in [-0.3, -0.25) is 10.2 Å². The van der Waals surface area contributed by atoms with Crippen LogP contribution in [0.5, 0.6) is 5.75 Å². The second kappa shape index (κ2) is 9.16. The average molecular weight is 406 g/mol. The van der Waals surface area contributed by atoms with Gasteiger partial charge >= 0.3 is 0 Å². The number of benzene rings is 2. The van der Waals surface area contributed by atoms with E-state index in [0.717, 1.165) is 18.4 Å². The lowest BCUT2D eigenvalue weighted by Crippen LogP contribution is -2.43. The lowest BCUT2D eigenvalue weighted by molar-refractivity contribution is -0.123. The number of nitrogens with one attached hydrogen (secondary N) is 2. The van der Waals surface area contributed by atoms with Crippen molar-refractivity contribution in [3.8, 4) is 5.75 Å². The van der Waals surface area contributed by atoms with Crippen molar-refractivity contribution in [3.05, 3.63) is 59.9 Å². The number of halogens is 1. The maximum Gasteiger partial charge on any atom is 0.272 e. The molecule has 150 valence electrons. The van der Waals surface area contributed by atoms with E-state index in [1.54, 1.807) is 12.1 Å². The summed E-state index contributed by atoms with van der Waals surface area (Å²) in [6, 6.07) is 11.9. The summed E-state index contributed by atoms with van der Waals surface area (Å²) in [6.07, 6.45) is 5.94. The van der Waals surface area contributed by atoms with Crippen LogP contribution < -0.4 is 15.0 Å². The molecule has 2 aromatic carbocycles. The van der Waals surface area contributed by atoms with Crippen molar-refractivity contribution in [3.63, 3.8) is 0 Å². The van der Waals surface area contributed by atoms with Gasteiger partial charge in [-0.25, -0.2) is 12.8 Å². The lowest BCUT2D eigenvalue weighted by atomic mass is 9.84. The molecule has 1 aliphatic rings. The maximum absolute atomic E-state index is 12.8. The summed E-state index contributed by atoms with van der Waals surface area (Å²) in [5.41, 5.74) is 3.25. The largest absolute Gasteiger partial charge is 0.484 e. The smallest absolute Gasteiger partial charge is 0.272 e. The van der Waals surface area contributed by atoms with E-state index in [4.69, 9.17) is 4.74 Å². The van der Waals surface area contributed by atoms with Crippen molar-refractivity contribution in [2.45, 2.75) is 42.9 Å². The van der Waals surface area contributed by atoms with Crippen molar-refractivity contribution >= 4 is 15.9 Å². The Balaban J connectivity index is 1.51. The molecule has 0 bridgehead atoms. The van der Waals surface area contributed by atoms with Gasteiger partial charge in [0.1, 0.15) is 11.6 Å². The van der Waals surface area contributed by atoms with Crippen LogP contribution in [0.1, 0.15) is 43.6 Å². The monoisotopic (exact) mass is 406 g/mol. The number of carbonyl (C=O) groups is 1. The van der Waals surface area contributed by atoms with Crippen LogP contribution in [-0.2, 0) is 14.8 Å². The SMILES string of the molecule is O=C(COc1ccc(F)cc1)NNS(=O)(=O)c1ccc(C2CCCCC2)cc1. The fourth-order valence-electron chi connectivity index (χ4n) is 3.25. The molecule has 0 aromatic heterocycles. The van der Waals surface area contributed by atoms with Crippen LogP contribution >= 0.6 is 0 Å². The van der Waals surface area contributed by atoms with E-state index in [2.05, 4.69) is 10.3 Å². The summed E-state index contributed by atoms with van der Waals surface area (Å²) < 4.78 is 42.6. The molecule has 1 saturated carbocycles. The van der Waals surface area contributed by atoms with Crippen molar-refractivity contribution in [1.29, 1.82) is 0 Å². The Hall–Kier alpha value is -2.45. The Morgan fingerprint density at radius 1 is 1.00 bits per heavy atom. The quantitative estimate of drug-likeness (QED) is 0.692. The molecule has 0 atom stereocenters. The molecule has 1 aliphatic carbocycles. The van der Waals surface area contributed by atoms with Crippen LogP contribution in [-0.4, -0.2) is 20.9 Å². The van der Waals surface area contributed by atoms with Crippen molar-refractivity contribution in [2.24, 2.45) is 0 Å². The summed E-state index contributed by atoms with van der Waals surface area (Å²) in [5, 5.41) is 0. The first-order chi connectivity index (χ1) is 13.4. The van der Waals surface area contributed by atoms with Crippen molar-refractivity contribution in [1.82, 2.24) is 10.3 Å². The van der Waals surface area contributed by atoms with E-state index in [1.807, 2.05) is 12.1 Å². The summed E-state index contributed by atoms with van der Waals surface area (Å²) in [7, 11) is -3.88. The van der Waals surface area contributed by atoms with E-state index >= 15 is 0 Å². The van der Waals surface area contributed by atoms with Crippen LogP contribution in [0.3, 0.4) is 0 Å². The van der Waals surface area contributed by atoms with Gasteiger partial charge in [0.25, 0.3) is 15.9 Å². The first-order valence-corrected chi connectivity index (χ1v) is 10.7. The van der Waals surface area contributed by atoms with Crippen LogP contribution in [0.15, 0.2) is 53.4 Å². The Morgan fingerprint density at radius 2 is 1.64 bits per heavy atom. The van der Waals surface area contributed by atoms with Gasteiger partial charge < -0.3 is 4.74 Å². The molecule has 1 amide bonds. The Morgan fingerprint density at radius 3 is 2.29 bits per heavy atom. The van der Waals surface area contributed by atoms with Gasteiger partial charge in [-0.15, -0.1) is 4.83 Å². The third kappa shape index (κ3) is 5.53. The Bertz CT molecular complexity index is 893. The molecule has 3 rings (SSSR count). The van der Waals surface area contributed by atoms with Gasteiger partial charge in [0.05, 0.1) is 4.90 Å². The van der Waals surface area contributed by atoms with Crippen LogP contribution in [0, 0.1) is 5.82 Å². The fraction of sp³-hybridized carbons (Fsp3) is 0.350. The zero-order valence-electron chi connectivity index (χ0n) is 15.4. The first-order valence-electron chi connectivity index (χ1n) is 9.23. The van der Waals surface area contributed by atoms with Crippen LogP contribution in [0.4, 0.5) is 4.39 Å². The van der Waals surface area contributed by atoms with Gasteiger partial charge in [0.15, 0.2) is 6.61 Å². The molecular weight excluding hydrogens is 383 g/mol. The van der Waals surface area contributed by atoms with Gasteiger partial charge in [-0.05, 0) is 60.7 Å². The number of carbonyl (C=O) groups excluding carboxylic acids is 1. The minimum Gasteiger partial charge on any atom is -0.484 e. The molecule has 0 aliphatic heterocycles. The highest BCUT2D eigenvalue weighted by Crippen LogP contribution is 2.32. The molecule has 6 nitrogen and oxygen atoms in total. The highest BCUT2D eigenvalue weighted by Gasteiger charge is 2.18. The second-order valence-electron chi connectivity index (χ2n) is 6.80. The molecule has 0 spiro atoms. The zero-order chi connectivity index (χ0) is 20.0. The van der Waals surface area contributed by atoms with Gasteiger partial charge in [0.2, 0.25) is 0 Å². The van der Waals surface area contributed by atoms with E-state index in [9.17, 15) is 17.6 Å². The Kier molecular flexibility index (Phi) is 6.64. The third-order valence-corrected chi connectivity index (χ3v) is 6.04. The molecular formula is C20H23FN2O4S. The number of rotatable bonds is 7. The van der Waals surface area contributed by atoms with Crippen LogP contribution in [0.2, 0.25) is 0 Å². The number of hydrogen-bond donors (Lipinski definition) is 2. The Labute approximate surface area is 164 Å². The first kappa shape index (κ1) is 20.3. The summed E-state index contributed by atoms with van der Waals surface area (Å²) in [4.78, 5) is 13.9.